The first-order chi connectivity index (χ1) is 7.27. The summed E-state index contributed by atoms with van der Waals surface area (Å²) in [4.78, 5) is 12.7. The second-order valence-electron chi connectivity index (χ2n) is 2.94. The Morgan fingerprint density at radius 2 is 2.19 bits per heavy atom. The number of rotatable bonds is 5. The molecule has 1 rings (SSSR count). The van der Waals surface area contributed by atoms with E-state index in [1.807, 2.05) is 39.3 Å². The maximum atomic E-state index is 11.4. The smallest absolute Gasteiger partial charge is 0.149 e. The monoisotopic (exact) mass is 263 g/mol. The first-order valence-electron chi connectivity index (χ1n) is 5.50. The van der Waals surface area contributed by atoms with Gasteiger partial charge in [-0.3, -0.25) is 4.79 Å². The molecule has 0 saturated carbocycles. The Balaban J connectivity index is -0.000000464. The molecule has 0 aliphatic rings. The molecule has 0 amide bonds. The second kappa shape index (κ2) is 11.2. The van der Waals surface area contributed by atoms with E-state index < -0.39 is 0 Å². The minimum atomic E-state index is -0.0105. The fraction of sp³-hybridized carbons (Fsp3) is 0.583. The average molecular weight is 263 g/mol. The number of hydrogen-bond donors (Lipinski definition) is 1. The van der Waals surface area contributed by atoms with E-state index in [1.165, 1.54) is 4.88 Å². The molecule has 0 saturated heterocycles. The Bertz CT molecular complexity index is 265. The fourth-order valence-electron chi connectivity index (χ4n) is 1.25. The van der Waals surface area contributed by atoms with Crippen LogP contribution in [0.4, 0.5) is 0 Å². The van der Waals surface area contributed by atoms with Crippen molar-refractivity contribution in [2.24, 2.45) is 0 Å². The number of Topliss-reactive ketones (excluding diaryl/α,β-unsaturated/α-hetero) is 1. The van der Waals surface area contributed by atoms with Crippen molar-refractivity contribution in [1.29, 1.82) is 0 Å². The van der Waals surface area contributed by atoms with E-state index in [1.54, 1.807) is 11.3 Å². The van der Waals surface area contributed by atoms with Gasteiger partial charge in [0.05, 0.1) is 6.04 Å². The third-order valence-electron chi connectivity index (χ3n) is 2.07. The summed E-state index contributed by atoms with van der Waals surface area (Å²) in [5, 5.41) is 5.09. The van der Waals surface area contributed by atoms with Crippen LogP contribution in [0.25, 0.3) is 0 Å². The highest BCUT2D eigenvalue weighted by Crippen LogP contribution is 2.11. The van der Waals surface area contributed by atoms with Crippen molar-refractivity contribution in [2.45, 2.75) is 39.7 Å². The number of ketones is 1. The quantitative estimate of drug-likeness (QED) is 0.883. The lowest BCUT2D eigenvalue weighted by Crippen LogP contribution is -2.35. The molecule has 1 aromatic rings. The topological polar surface area (TPSA) is 29.1 Å². The lowest BCUT2D eigenvalue weighted by molar-refractivity contribution is -0.120. The van der Waals surface area contributed by atoms with Gasteiger partial charge in [0.2, 0.25) is 0 Å². The molecule has 0 spiro atoms. The highest BCUT2D eigenvalue weighted by Gasteiger charge is 2.14. The Morgan fingerprint density at radius 1 is 1.56 bits per heavy atom. The van der Waals surface area contributed by atoms with E-state index in [4.69, 9.17) is 0 Å². The van der Waals surface area contributed by atoms with Crippen molar-refractivity contribution >= 4 is 30.6 Å². The molecule has 1 atom stereocenters. The van der Waals surface area contributed by atoms with Crippen molar-refractivity contribution in [3.8, 4) is 0 Å². The van der Waals surface area contributed by atoms with Gasteiger partial charge in [0.15, 0.2) is 0 Å². The predicted molar refractivity (Wildman–Crippen MR) is 80.0 cm³/mol. The molecule has 0 unspecified atom stereocenters. The summed E-state index contributed by atoms with van der Waals surface area (Å²) in [7, 11) is 1.84. The zero-order valence-electron chi connectivity index (χ0n) is 10.5. The summed E-state index contributed by atoms with van der Waals surface area (Å²) in [6, 6.07) is 4.07. The molecule has 0 radical (unpaired) electrons. The van der Waals surface area contributed by atoms with Crippen molar-refractivity contribution < 1.29 is 6.22 Å². The van der Waals surface area contributed by atoms with Crippen molar-refractivity contribution in [3.05, 3.63) is 22.4 Å². The van der Waals surface area contributed by atoms with Crippen LogP contribution in [0.3, 0.4) is 0 Å². The lowest BCUT2D eigenvalue weighted by Gasteiger charge is -2.12. The number of carbonyl (C=O) groups is 1. The summed E-state index contributed by atoms with van der Waals surface area (Å²) >= 11 is 1.70. The first kappa shape index (κ1) is 18.1. The standard InChI is InChI=1S/C10H15NOS.C2H6.H2S.H2/c1-3-10(12)9(11-2)7-8-5-4-6-13-8;1-2;;/h4-6,9,11H,3,7H2,1-2H3;1-2H3;1H2;1H/t9-;;;/m0.../s1. The van der Waals surface area contributed by atoms with Crippen LogP contribution in [0.15, 0.2) is 17.5 Å². The van der Waals surface area contributed by atoms with E-state index in [9.17, 15) is 4.79 Å². The molecular weight excluding hydrogens is 238 g/mol. The fourth-order valence-corrected chi connectivity index (χ4v) is 2.01. The third kappa shape index (κ3) is 6.30. The molecular formula is C12H25NOS2. The molecule has 0 aliphatic heterocycles. The number of nitrogens with one attached hydrogen (secondary N) is 1. The number of thiophene rings is 1. The molecule has 0 aromatic carbocycles. The maximum absolute atomic E-state index is 11.4. The molecule has 16 heavy (non-hydrogen) atoms. The number of likely N-dealkylation sites (N-methyl/N-ethyl adjacent to an activating group) is 1. The molecule has 2 nitrogen and oxygen atoms in total. The van der Waals surface area contributed by atoms with Crippen LogP contribution in [-0.2, 0) is 11.2 Å². The SMILES string of the molecule is CC.CCC(=O)[C@H](Cc1cccs1)NC.S.[HH]. The number of carbonyl (C=O) groups excluding carboxylic acids is 1. The van der Waals surface area contributed by atoms with E-state index in [2.05, 4.69) is 11.4 Å². The van der Waals surface area contributed by atoms with Crippen LogP contribution in [-0.4, -0.2) is 18.9 Å². The highest BCUT2D eigenvalue weighted by molar-refractivity contribution is 7.59. The molecule has 0 aliphatic carbocycles. The summed E-state index contributed by atoms with van der Waals surface area (Å²) in [5.41, 5.74) is 0. The van der Waals surface area contributed by atoms with Gasteiger partial charge in [0.1, 0.15) is 5.78 Å². The van der Waals surface area contributed by atoms with Gasteiger partial charge in [-0.25, -0.2) is 0 Å². The zero-order valence-corrected chi connectivity index (χ0v) is 12.4. The minimum Gasteiger partial charge on any atom is -0.310 e. The molecule has 1 aromatic heterocycles. The normalized spacial score (nSPS) is 10.8. The summed E-state index contributed by atoms with van der Waals surface area (Å²) < 4.78 is 0. The summed E-state index contributed by atoms with van der Waals surface area (Å²) in [6.07, 6.45) is 1.43. The molecule has 0 fully saturated rings. The third-order valence-corrected chi connectivity index (χ3v) is 2.97. The van der Waals surface area contributed by atoms with E-state index in [0.29, 0.717) is 6.42 Å². The van der Waals surface area contributed by atoms with Gasteiger partial charge in [-0.1, -0.05) is 26.8 Å². The van der Waals surface area contributed by atoms with Crippen molar-refractivity contribution in [3.63, 3.8) is 0 Å². The van der Waals surface area contributed by atoms with Crippen LogP contribution < -0.4 is 5.32 Å². The first-order valence-corrected chi connectivity index (χ1v) is 6.38. The lowest BCUT2D eigenvalue weighted by atomic mass is 10.1. The van der Waals surface area contributed by atoms with Crippen molar-refractivity contribution in [1.82, 2.24) is 5.32 Å². The van der Waals surface area contributed by atoms with Crippen LogP contribution in [0.5, 0.6) is 0 Å². The Hall–Kier alpha value is -0.320. The van der Waals surface area contributed by atoms with Gasteiger partial charge in [0.25, 0.3) is 0 Å². The van der Waals surface area contributed by atoms with E-state index in [-0.39, 0.29) is 26.7 Å². The van der Waals surface area contributed by atoms with Crippen LogP contribution >= 0.6 is 24.8 Å². The number of hydrogen-bond acceptors (Lipinski definition) is 3. The van der Waals surface area contributed by atoms with Crippen molar-refractivity contribution in [2.75, 3.05) is 7.05 Å². The van der Waals surface area contributed by atoms with E-state index >= 15 is 0 Å². The molecule has 96 valence electrons. The van der Waals surface area contributed by atoms with E-state index in [0.717, 1.165) is 6.42 Å². The van der Waals surface area contributed by atoms with Gasteiger partial charge in [-0.05, 0) is 18.5 Å². The molecule has 1 N–H and O–H groups in total. The minimum absolute atomic E-state index is 0. The van der Waals surface area contributed by atoms with Crippen LogP contribution in [0, 0.1) is 0 Å². The van der Waals surface area contributed by atoms with Gasteiger partial charge < -0.3 is 5.32 Å². The highest BCUT2D eigenvalue weighted by atomic mass is 32.1. The Kier molecular flexibility index (Phi) is 12.6. The predicted octanol–water partition coefficient (Wildman–Crippen LogP) is 3.24. The second-order valence-corrected chi connectivity index (χ2v) is 3.98. The van der Waals surface area contributed by atoms with Gasteiger partial charge >= 0.3 is 0 Å². The Labute approximate surface area is 111 Å². The molecule has 1 heterocycles. The Morgan fingerprint density at radius 3 is 2.56 bits per heavy atom. The summed E-state index contributed by atoms with van der Waals surface area (Å²) in [5.74, 6) is 0.288. The van der Waals surface area contributed by atoms with Gasteiger partial charge in [-0.15, -0.1) is 11.3 Å². The van der Waals surface area contributed by atoms with Gasteiger partial charge in [-0.2, -0.15) is 13.5 Å². The average Bonchev–Trinajstić information content (AvgIpc) is 2.80. The summed E-state index contributed by atoms with van der Waals surface area (Å²) in [6.45, 7) is 5.90. The van der Waals surface area contributed by atoms with Gasteiger partial charge in [0, 0.05) is 19.1 Å². The largest absolute Gasteiger partial charge is 0.310 e. The maximum Gasteiger partial charge on any atom is 0.149 e. The molecule has 0 bridgehead atoms. The zero-order chi connectivity index (χ0) is 11.7. The molecule has 4 heteroatoms. The van der Waals surface area contributed by atoms with Crippen LogP contribution in [0.2, 0.25) is 0 Å². The van der Waals surface area contributed by atoms with Crippen LogP contribution in [0.1, 0.15) is 33.5 Å².